The van der Waals surface area contributed by atoms with Gasteiger partial charge in [0.15, 0.2) is 5.13 Å². The van der Waals surface area contributed by atoms with Gasteiger partial charge in [0.25, 0.3) is 0 Å². The van der Waals surface area contributed by atoms with Crippen molar-refractivity contribution in [3.8, 4) is 22.8 Å². The van der Waals surface area contributed by atoms with Crippen molar-refractivity contribution in [2.24, 2.45) is 0 Å². The number of carbonyl (C=O) groups excluding carboxylic acids is 1. The van der Waals surface area contributed by atoms with Gasteiger partial charge >= 0.3 is 0 Å². The molecule has 29 heavy (non-hydrogen) atoms. The molecule has 0 amide bonds. The molecule has 5 nitrogen and oxygen atoms in total. The van der Waals surface area contributed by atoms with Crippen molar-refractivity contribution in [2.45, 2.75) is 6.42 Å². The maximum atomic E-state index is 11.1. The zero-order valence-corrected chi connectivity index (χ0v) is 16.8. The molecule has 1 N–H and O–H groups in total. The van der Waals surface area contributed by atoms with Crippen LogP contribution in [-0.4, -0.2) is 16.3 Å². The highest BCUT2D eigenvalue weighted by molar-refractivity contribution is 7.14. The first-order valence-electron chi connectivity index (χ1n) is 8.84. The molecule has 144 valence electrons. The van der Waals surface area contributed by atoms with Gasteiger partial charge in [-0.2, -0.15) is 0 Å². The number of nitrogens with zero attached hydrogens (tertiary/aromatic N) is 2. The summed E-state index contributed by atoms with van der Waals surface area (Å²) in [6.07, 6.45) is 4.62. The first-order valence-corrected chi connectivity index (χ1v) is 10.1. The lowest BCUT2D eigenvalue weighted by atomic mass is 10.1. The summed E-state index contributed by atoms with van der Waals surface area (Å²) < 4.78 is 5.92. The van der Waals surface area contributed by atoms with Crippen molar-refractivity contribution in [1.29, 1.82) is 0 Å². The average molecular weight is 422 g/mol. The van der Waals surface area contributed by atoms with Crippen LogP contribution in [0.2, 0.25) is 5.02 Å². The summed E-state index contributed by atoms with van der Waals surface area (Å²) in [6, 6.07) is 16.6. The number of aromatic nitrogens is 2. The molecule has 2 aromatic heterocycles. The van der Waals surface area contributed by atoms with E-state index in [1.165, 1.54) is 11.3 Å². The topological polar surface area (TPSA) is 64.1 Å². The Labute approximate surface area is 177 Å². The van der Waals surface area contributed by atoms with Crippen LogP contribution >= 0.6 is 22.9 Å². The number of nitrogens with one attached hydrogen (secondary N) is 1. The Morgan fingerprint density at radius 1 is 1.14 bits per heavy atom. The Bertz CT molecular complexity index is 1110. The van der Waals surface area contributed by atoms with Crippen LogP contribution in [0, 0.1) is 0 Å². The van der Waals surface area contributed by atoms with E-state index >= 15 is 0 Å². The van der Waals surface area contributed by atoms with Crippen molar-refractivity contribution >= 4 is 40.0 Å². The molecule has 0 radical (unpaired) electrons. The number of ether oxygens (including phenoxy) is 1. The van der Waals surface area contributed by atoms with E-state index in [-0.39, 0.29) is 6.42 Å². The summed E-state index contributed by atoms with van der Waals surface area (Å²) in [5.41, 5.74) is 3.44. The van der Waals surface area contributed by atoms with Crippen LogP contribution in [0.3, 0.4) is 0 Å². The highest BCUT2D eigenvalue weighted by Gasteiger charge is 2.09. The highest BCUT2D eigenvalue weighted by atomic mass is 35.5. The van der Waals surface area contributed by atoms with E-state index in [9.17, 15) is 4.79 Å². The molecule has 0 aliphatic rings. The largest absolute Gasteiger partial charge is 0.457 e. The Balaban J connectivity index is 1.54. The molecule has 0 aliphatic carbocycles. The van der Waals surface area contributed by atoms with E-state index in [4.69, 9.17) is 16.3 Å². The van der Waals surface area contributed by atoms with Crippen molar-refractivity contribution < 1.29 is 9.53 Å². The molecule has 7 heteroatoms. The third-order valence-electron chi connectivity index (χ3n) is 4.12. The summed E-state index contributed by atoms with van der Waals surface area (Å²) in [7, 11) is 0. The Morgan fingerprint density at radius 2 is 2.00 bits per heavy atom. The second-order valence-electron chi connectivity index (χ2n) is 6.15. The standard InChI is InChI=1S/C22H16ClN3O2S/c23-17-3-6-19(7-4-17)28-21-8-5-18(12-15(21)9-11-27)25-22-26-20(14-29-22)16-2-1-10-24-13-16/h1-8,10-14H,9H2,(H,25,26). The van der Waals surface area contributed by atoms with Crippen LogP contribution in [-0.2, 0) is 11.2 Å². The SMILES string of the molecule is O=CCc1cc(Nc2nc(-c3cccnc3)cs2)ccc1Oc1ccc(Cl)cc1. The number of halogens is 1. The third-order valence-corrected chi connectivity index (χ3v) is 5.13. The monoisotopic (exact) mass is 421 g/mol. The Hall–Kier alpha value is -3.22. The number of aldehydes is 1. The number of benzene rings is 2. The summed E-state index contributed by atoms with van der Waals surface area (Å²) in [4.78, 5) is 19.9. The van der Waals surface area contributed by atoms with Gasteiger partial charge in [-0.15, -0.1) is 11.3 Å². The maximum absolute atomic E-state index is 11.1. The highest BCUT2D eigenvalue weighted by Crippen LogP contribution is 2.31. The normalized spacial score (nSPS) is 10.5. The molecule has 2 heterocycles. The second kappa shape index (κ2) is 8.86. The molecule has 4 aromatic rings. The smallest absolute Gasteiger partial charge is 0.187 e. The number of hydrogen-bond donors (Lipinski definition) is 1. The van der Waals surface area contributed by atoms with Crippen molar-refractivity contribution in [2.75, 3.05) is 5.32 Å². The van der Waals surface area contributed by atoms with Crippen LogP contribution in [0.1, 0.15) is 5.56 Å². The number of rotatable bonds is 7. The average Bonchev–Trinajstić information content (AvgIpc) is 3.21. The van der Waals surface area contributed by atoms with E-state index in [2.05, 4.69) is 15.3 Å². The summed E-state index contributed by atoms with van der Waals surface area (Å²) >= 11 is 7.42. The number of thiazole rings is 1. The van der Waals surface area contributed by atoms with Crippen LogP contribution in [0.5, 0.6) is 11.5 Å². The zero-order valence-electron chi connectivity index (χ0n) is 15.2. The van der Waals surface area contributed by atoms with Crippen molar-refractivity contribution in [3.63, 3.8) is 0 Å². The molecule has 0 saturated heterocycles. The molecular weight excluding hydrogens is 406 g/mol. The fraction of sp³-hybridized carbons (Fsp3) is 0.0455. The quantitative estimate of drug-likeness (QED) is 0.363. The summed E-state index contributed by atoms with van der Waals surface area (Å²) in [5.74, 6) is 1.28. The second-order valence-corrected chi connectivity index (χ2v) is 7.45. The van der Waals surface area contributed by atoms with Crippen molar-refractivity contribution in [1.82, 2.24) is 9.97 Å². The van der Waals surface area contributed by atoms with Gasteiger partial charge in [-0.3, -0.25) is 4.98 Å². The zero-order chi connectivity index (χ0) is 20.1. The molecule has 0 atom stereocenters. The minimum absolute atomic E-state index is 0.247. The van der Waals surface area contributed by atoms with Gasteiger partial charge < -0.3 is 14.8 Å². The van der Waals surface area contributed by atoms with E-state index in [0.29, 0.717) is 16.5 Å². The van der Waals surface area contributed by atoms with E-state index in [1.807, 2.05) is 35.7 Å². The molecule has 0 spiro atoms. The van der Waals surface area contributed by atoms with Gasteiger partial charge in [-0.05, 0) is 54.6 Å². The van der Waals surface area contributed by atoms with Gasteiger partial charge in [-0.25, -0.2) is 4.98 Å². The van der Waals surface area contributed by atoms with Gasteiger partial charge in [0.1, 0.15) is 17.8 Å². The van der Waals surface area contributed by atoms with Gasteiger partial charge in [-0.1, -0.05) is 11.6 Å². The predicted octanol–water partition coefficient (Wildman–Crippen LogP) is 6.14. The lowest BCUT2D eigenvalue weighted by Gasteiger charge is -2.12. The maximum Gasteiger partial charge on any atom is 0.187 e. The summed E-state index contributed by atoms with van der Waals surface area (Å²) in [6.45, 7) is 0. The van der Waals surface area contributed by atoms with Crippen LogP contribution < -0.4 is 10.1 Å². The third kappa shape index (κ3) is 4.80. The molecule has 4 rings (SSSR count). The summed E-state index contributed by atoms with van der Waals surface area (Å²) in [5, 5.41) is 6.66. The van der Waals surface area contributed by atoms with Crippen molar-refractivity contribution in [3.05, 3.63) is 83.0 Å². The molecular formula is C22H16ClN3O2S. The molecule has 0 aliphatic heterocycles. The molecule has 2 aromatic carbocycles. The fourth-order valence-corrected chi connectivity index (χ4v) is 3.60. The van der Waals surface area contributed by atoms with Gasteiger partial charge in [0.2, 0.25) is 0 Å². The molecule has 0 saturated carbocycles. The Kier molecular flexibility index (Phi) is 5.84. The number of pyridine rings is 1. The minimum atomic E-state index is 0.247. The molecule has 0 fully saturated rings. The number of anilines is 2. The number of hydrogen-bond acceptors (Lipinski definition) is 6. The first-order chi connectivity index (χ1) is 14.2. The molecule has 0 unspecified atom stereocenters. The van der Waals surface area contributed by atoms with E-state index < -0.39 is 0 Å². The van der Waals surface area contributed by atoms with Crippen LogP contribution in [0.25, 0.3) is 11.3 Å². The lowest BCUT2D eigenvalue weighted by Crippen LogP contribution is -1.96. The van der Waals surface area contributed by atoms with E-state index in [1.54, 1.807) is 36.7 Å². The van der Waals surface area contributed by atoms with Gasteiger partial charge in [0.05, 0.1) is 5.69 Å². The first kappa shape index (κ1) is 19.1. The Morgan fingerprint density at radius 3 is 2.76 bits per heavy atom. The van der Waals surface area contributed by atoms with Crippen LogP contribution in [0.4, 0.5) is 10.8 Å². The van der Waals surface area contributed by atoms with Crippen LogP contribution in [0.15, 0.2) is 72.4 Å². The molecule has 0 bridgehead atoms. The lowest BCUT2D eigenvalue weighted by molar-refractivity contribution is -0.107. The van der Waals surface area contributed by atoms with E-state index in [0.717, 1.165) is 33.9 Å². The minimum Gasteiger partial charge on any atom is -0.457 e. The predicted molar refractivity (Wildman–Crippen MR) is 116 cm³/mol. The fourth-order valence-electron chi connectivity index (χ4n) is 2.74. The van der Waals surface area contributed by atoms with Gasteiger partial charge in [0, 0.05) is 46.0 Å². The number of carbonyl (C=O) groups is 1.